The van der Waals surface area contributed by atoms with Gasteiger partial charge in [-0.05, 0) is 18.2 Å². The van der Waals surface area contributed by atoms with Crippen molar-refractivity contribution in [1.82, 2.24) is 4.98 Å². The fraction of sp³-hybridized carbons (Fsp3) is 0.0769. The van der Waals surface area contributed by atoms with E-state index in [9.17, 15) is 4.79 Å². The molecule has 3 aromatic rings. The Morgan fingerprint density at radius 2 is 2.21 bits per heavy atom. The summed E-state index contributed by atoms with van der Waals surface area (Å²) in [6, 6.07) is 5.83. The maximum Gasteiger partial charge on any atom is 0.350 e. The number of fused-ring (bicyclic) bond motifs is 3. The summed E-state index contributed by atoms with van der Waals surface area (Å²) in [6.45, 7) is 0. The van der Waals surface area contributed by atoms with Gasteiger partial charge >= 0.3 is 5.97 Å². The number of rotatable bonds is 1. The lowest BCUT2D eigenvalue weighted by Crippen LogP contribution is -2.01. The van der Waals surface area contributed by atoms with E-state index in [-0.39, 0.29) is 0 Å². The van der Waals surface area contributed by atoms with Gasteiger partial charge in [-0.15, -0.1) is 11.3 Å². The Bertz CT molecular complexity index is 813. The van der Waals surface area contributed by atoms with Crippen molar-refractivity contribution in [3.8, 4) is 0 Å². The van der Waals surface area contributed by atoms with Crippen LogP contribution in [0.1, 0.15) is 9.67 Å². The molecule has 0 radical (unpaired) electrons. The SMILES string of the molecule is COC(=O)c1sc2c(cnc3ccc(Br)cc32)c1N. The number of aromatic nitrogens is 1. The van der Waals surface area contributed by atoms with Gasteiger partial charge in [0.05, 0.1) is 18.3 Å². The van der Waals surface area contributed by atoms with E-state index in [2.05, 4.69) is 20.9 Å². The molecule has 0 saturated heterocycles. The molecule has 0 unspecified atom stereocenters. The van der Waals surface area contributed by atoms with Crippen LogP contribution in [0.3, 0.4) is 0 Å². The zero-order chi connectivity index (χ0) is 13.6. The Labute approximate surface area is 121 Å². The molecule has 1 aromatic carbocycles. The van der Waals surface area contributed by atoms with Gasteiger partial charge < -0.3 is 10.5 Å². The van der Waals surface area contributed by atoms with Crippen molar-refractivity contribution in [3.63, 3.8) is 0 Å². The van der Waals surface area contributed by atoms with Crippen LogP contribution in [0.5, 0.6) is 0 Å². The number of pyridine rings is 1. The van der Waals surface area contributed by atoms with Gasteiger partial charge in [0.2, 0.25) is 0 Å². The Hall–Kier alpha value is -1.66. The normalized spacial score (nSPS) is 11.1. The monoisotopic (exact) mass is 336 g/mol. The summed E-state index contributed by atoms with van der Waals surface area (Å²) in [5.74, 6) is -0.415. The van der Waals surface area contributed by atoms with Crippen LogP contribution in [0.25, 0.3) is 21.0 Å². The minimum atomic E-state index is -0.415. The molecule has 3 rings (SSSR count). The molecule has 0 spiro atoms. The summed E-state index contributed by atoms with van der Waals surface area (Å²) in [7, 11) is 1.35. The Kier molecular flexibility index (Phi) is 2.91. The van der Waals surface area contributed by atoms with E-state index >= 15 is 0 Å². The summed E-state index contributed by atoms with van der Waals surface area (Å²) in [5, 5.41) is 1.76. The topological polar surface area (TPSA) is 65.2 Å². The zero-order valence-corrected chi connectivity index (χ0v) is 12.3. The first-order chi connectivity index (χ1) is 9.11. The number of carbonyl (C=O) groups excluding carboxylic acids is 1. The van der Waals surface area contributed by atoms with Crippen molar-refractivity contribution in [2.45, 2.75) is 0 Å². The zero-order valence-electron chi connectivity index (χ0n) is 9.94. The average molecular weight is 337 g/mol. The second-order valence-electron chi connectivity index (χ2n) is 4.00. The summed E-state index contributed by atoms with van der Waals surface area (Å²) in [5.41, 5.74) is 7.30. The minimum Gasteiger partial charge on any atom is -0.465 e. The lowest BCUT2D eigenvalue weighted by molar-refractivity contribution is 0.0607. The molecule has 2 aromatic heterocycles. The Morgan fingerprint density at radius 1 is 1.42 bits per heavy atom. The lowest BCUT2D eigenvalue weighted by Gasteiger charge is -1.99. The number of methoxy groups -OCH3 is 1. The van der Waals surface area contributed by atoms with E-state index in [4.69, 9.17) is 10.5 Å². The maximum absolute atomic E-state index is 11.7. The fourth-order valence-corrected chi connectivity index (χ4v) is 3.46. The highest BCUT2D eigenvalue weighted by molar-refractivity contribution is 9.10. The predicted octanol–water partition coefficient (Wildman–Crippen LogP) is 3.58. The molecule has 0 atom stereocenters. The predicted molar refractivity (Wildman–Crippen MR) is 80.6 cm³/mol. The standard InChI is InChI=1S/C13H9BrN2O2S/c1-18-13(17)12-10(15)8-5-16-9-3-2-6(14)4-7(9)11(8)19-12/h2-5H,15H2,1H3. The van der Waals surface area contributed by atoms with E-state index in [0.29, 0.717) is 10.6 Å². The van der Waals surface area contributed by atoms with Crippen LogP contribution in [0, 0.1) is 0 Å². The number of halogens is 1. The molecule has 0 aliphatic heterocycles. The highest BCUT2D eigenvalue weighted by Crippen LogP contribution is 2.38. The molecule has 0 saturated carbocycles. The number of hydrogen-bond acceptors (Lipinski definition) is 5. The van der Waals surface area contributed by atoms with E-state index in [1.54, 1.807) is 6.20 Å². The number of carbonyl (C=O) groups is 1. The molecule has 19 heavy (non-hydrogen) atoms. The molecule has 0 aliphatic carbocycles. The van der Waals surface area contributed by atoms with Crippen LogP contribution < -0.4 is 5.73 Å². The molecule has 0 aliphatic rings. The average Bonchev–Trinajstić information content (AvgIpc) is 2.76. The summed E-state index contributed by atoms with van der Waals surface area (Å²) < 4.78 is 6.65. The van der Waals surface area contributed by atoms with Gasteiger partial charge in [0.25, 0.3) is 0 Å². The molecule has 2 heterocycles. The third kappa shape index (κ3) is 1.87. The largest absolute Gasteiger partial charge is 0.465 e. The molecular formula is C13H9BrN2O2S. The number of nitrogens with zero attached hydrogens (tertiary/aromatic N) is 1. The van der Waals surface area contributed by atoms with Crippen LogP contribution >= 0.6 is 27.3 Å². The molecule has 0 amide bonds. The quantitative estimate of drug-likeness (QED) is 0.690. The van der Waals surface area contributed by atoms with Crippen molar-refractivity contribution < 1.29 is 9.53 Å². The number of hydrogen-bond donors (Lipinski definition) is 1. The first-order valence-electron chi connectivity index (χ1n) is 5.46. The molecular weight excluding hydrogens is 328 g/mol. The second kappa shape index (κ2) is 4.47. The molecule has 0 fully saturated rings. The van der Waals surface area contributed by atoms with E-state index in [1.165, 1.54) is 18.4 Å². The van der Waals surface area contributed by atoms with Gasteiger partial charge in [0.15, 0.2) is 0 Å². The van der Waals surface area contributed by atoms with Crippen LogP contribution in [-0.2, 0) is 4.74 Å². The van der Waals surface area contributed by atoms with Crippen LogP contribution in [0.2, 0.25) is 0 Å². The summed E-state index contributed by atoms with van der Waals surface area (Å²) in [4.78, 5) is 16.5. The third-order valence-corrected chi connectivity index (χ3v) is 4.62. The van der Waals surface area contributed by atoms with Gasteiger partial charge in [-0.3, -0.25) is 4.98 Å². The van der Waals surface area contributed by atoms with E-state index < -0.39 is 5.97 Å². The van der Waals surface area contributed by atoms with Crippen molar-refractivity contribution >= 4 is 59.9 Å². The number of nitrogen functional groups attached to an aromatic ring is 1. The minimum absolute atomic E-state index is 0.415. The number of thiophene rings is 1. The number of nitrogens with two attached hydrogens (primary N) is 1. The van der Waals surface area contributed by atoms with Crippen molar-refractivity contribution in [2.75, 3.05) is 12.8 Å². The lowest BCUT2D eigenvalue weighted by atomic mass is 10.1. The van der Waals surface area contributed by atoms with Crippen molar-refractivity contribution in [3.05, 3.63) is 33.7 Å². The first-order valence-corrected chi connectivity index (χ1v) is 7.07. The van der Waals surface area contributed by atoms with Crippen molar-refractivity contribution in [2.24, 2.45) is 0 Å². The van der Waals surface area contributed by atoms with Crippen LogP contribution in [-0.4, -0.2) is 18.1 Å². The Morgan fingerprint density at radius 3 is 2.95 bits per heavy atom. The molecule has 4 nitrogen and oxygen atoms in total. The molecule has 2 N–H and O–H groups in total. The van der Waals surface area contributed by atoms with Crippen LogP contribution in [0.4, 0.5) is 5.69 Å². The highest BCUT2D eigenvalue weighted by atomic mass is 79.9. The van der Waals surface area contributed by atoms with Gasteiger partial charge in [0.1, 0.15) is 4.88 Å². The van der Waals surface area contributed by atoms with Gasteiger partial charge in [-0.2, -0.15) is 0 Å². The van der Waals surface area contributed by atoms with Crippen LogP contribution in [0.15, 0.2) is 28.9 Å². The smallest absolute Gasteiger partial charge is 0.350 e. The molecule has 6 heteroatoms. The molecule has 96 valence electrons. The first kappa shape index (κ1) is 12.4. The number of anilines is 1. The fourth-order valence-electron chi connectivity index (χ4n) is 1.97. The highest BCUT2D eigenvalue weighted by Gasteiger charge is 2.18. The number of benzene rings is 1. The molecule has 0 bridgehead atoms. The van der Waals surface area contributed by atoms with E-state index in [0.717, 1.165) is 25.5 Å². The number of esters is 1. The summed E-state index contributed by atoms with van der Waals surface area (Å²) >= 11 is 4.77. The van der Waals surface area contributed by atoms with Gasteiger partial charge in [0, 0.05) is 26.1 Å². The summed E-state index contributed by atoms with van der Waals surface area (Å²) in [6.07, 6.45) is 1.70. The third-order valence-electron chi connectivity index (χ3n) is 2.89. The van der Waals surface area contributed by atoms with E-state index in [1.807, 2.05) is 18.2 Å². The Balaban J connectivity index is 2.42. The second-order valence-corrected chi connectivity index (χ2v) is 5.94. The maximum atomic E-state index is 11.7. The number of ether oxygens (including phenoxy) is 1. The van der Waals surface area contributed by atoms with Crippen molar-refractivity contribution in [1.29, 1.82) is 0 Å². The van der Waals surface area contributed by atoms with Gasteiger partial charge in [-0.25, -0.2) is 4.79 Å². The van der Waals surface area contributed by atoms with Gasteiger partial charge in [-0.1, -0.05) is 15.9 Å².